The van der Waals surface area contributed by atoms with E-state index in [1.165, 1.54) is 10.7 Å². The van der Waals surface area contributed by atoms with E-state index in [4.69, 9.17) is 10.8 Å². The highest BCUT2D eigenvalue weighted by Gasteiger charge is 2.19. The molecule has 0 unspecified atom stereocenters. The van der Waals surface area contributed by atoms with Crippen LogP contribution in [0.5, 0.6) is 0 Å². The quantitative estimate of drug-likeness (QED) is 0.559. The highest BCUT2D eigenvalue weighted by atomic mass is 16.2. The summed E-state index contributed by atoms with van der Waals surface area (Å²) >= 11 is 0. The number of anilines is 1. The van der Waals surface area contributed by atoms with Gasteiger partial charge in [-0.1, -0.05) is 30.3 Å². The summed E-state index contributed by atoms with van der Waals surface area (Å²) in [4.78, 5) is 23.5. The maximum atomic E-state index is 12.2. The normalized spacial score (nSPS) is 11.1. The average molecular weight is 388 g/mol. The van der Waals surface area contributed by atoms with E-state index in [0.29, 0.717) is 11.4 Å². The first-order chi connectivity index (χ1) is 13.9. The predicted molar refractivity (Wildman–Crippen MR) is 112 cm³/mol. The number of primary amides is 1. The van der Waals surface area contributed by atoms with E-state index in [9.17, 15) is 9.59 Å². The van der Waals surface area contributed by atoms with Crippen LogP contribution in [0, 0.1) is 0 Å². The molecule has 0 saturated carbocycles. The first-order valence-corrected chi connectivity index (χ1v) is 9.18. The zero-order valence-corrected chi connectivity index (χ0v) is 16.0. The molecule has 8 nitrogen and oxygen atoms in total. The summed E-state index contributed by atoms with van der Waals surface area (Å²) in [5, 5.41) is 11.9. The van der Waals surface area contributed by atoms with Crippen molar-refractivity contribution in [3.05, 3.63) is 71.1 Å². The molecule has 0 atom stereocenters. The summed E-state index contributed by atoms with van der Waals surface area (Å²) in [7, 11) is 0. The number of nitrogens with two attached hydrogens (primary N) is 1. The lowest BCUT2D eigenvalue weighted by atomic mass is 10.0. The molecule has 0 radical (unpaired) electrons. The molecule has 3 heterocycles. The van der Waals surface area contributed by atoms with E-state index in [1.54, 1.807) is 28.9 Å². The SMILES string of the molecule is CC(C)n1nc(-c2c(-c3ccccc3)nn3ccc(NC(N)=O)cc23)ccc1=O. The van der Waals surface area contributed by atoms with Crippen molar-refractivity contribution in [1.29, 1.82) is 0 Å². The molecule has 29 heavy (non-hydrogen) atoms. The number of hydrogen-bond donors (Lipinski definition) is 2. The van der Waals surface area contributed by atoms with Gasteiger partial charge in [-0.2, -0.15) is 10.2 Å². The summed E-state index contributed by atoms with van der Waals surface area (Å²) in [5.41, 5.74) is 9.39. The van der Waals surface area contributed by atoms with Crippen molar-refractivity contribution < 1.29 is 4.79 Å². The van der Waals surface area contributed by atoms with Crippen molar-refractivity contribution in [2.75, 3.05) is 5.32 Å². The Morgan fingerprint density at radius 3 is 2.52 bits per heavy atom. The maximum Gasteiger partial charge on any atom is 0.316 e. The van der Waals surface area contributed by atoms with Crippen LogP contribution in [0.15, 0.2) is 65.6 Å². The Hall–Kier alpha value is -3.94. The van der Waals surface area contributed by atoms with Crippen LogP contribution in [-0.4, -0.2) is 25.4 Å². The Balaban J connectivity index is 2.02. The molecule has 146 valence electrons. The van der Waals surface area contributed by atoms with Crippen molar-refractivity contribution in [2.24, 2.45) is 5.73 Å². The Labute approximate surface area is 166 Å². The van der Waals surface area contributed by atoms with Crippen LogP contribution in [0.25, 0.3) is 28.0 Å². The molecule has 3 aromatic heterocycles. The van der Waals surface area contributed by atoms with E-state index in [2.05, 4.69) is 10.4 Å². The average Bonchev–Trinajstić information content (AvgIpc) is 3.07. The van der Waals surface area contributed by atoms with Gasteiger partial charge >= 0.3 is 6.03 Å². The second-order valence-corrected chi connectivity index (χ2v) is 6.92. The van der Waals surface area contributed by atoms with Gasteiger partial charge in [0, 0.05) is 23.5 Å². The molecule has 0 saturated heterocycles. The Morgan fingerprint density at radius 2 is 1.83 bits per heavy atom. The van der Waals surface area contributed by atoms with Crippen LogP contribution in [0.1, 0.15) is 19.9 Å². The number of carbonyl (C=O) groups excluding carboxylic acids is 1. The molecular formula is C21H20N6O2. The maximum absolute atomic E-state index is 12.2. The number of carbonyl (C=O) groups is 1. The van der Waals surface area contributed by atoms with Crippen molar-refractivity contribution in [3.63, 3.8) is 0 Å². The minimum atomic E-state index is -0.648. The molecule has 0 bridgehead atoms. The zero-order chi connectivity index (χ0) is 20.5. The van der Waals surface area contributed by atoms with Crippen molar-refractivity contribution in [3.8, 4) is 22.5 Å². The summed E-state index contributed by atoms with van der Waals surface area (Å²) < 4.78 is 3.16. The van der Waals surface area contributed by atoms with Gasteiger partial charge in [-0.15, -0.1) is 0 Å². The molecule has 0 aliphatic rings. The first-order valence-electron chi connectivity index (χ1n) is 9.18. The lowest BCUT2D eigenvalue weighted by Crippen LogP contribution is -2.23. The molecule has 1 aromatic carbocycles. The number of amides is 2. The van der Waals surface area contributed by atoms with E-state index in [0.717, 1.165) is 22.3 Å². The van der Waals surface area contributed by atoms with Gasteiger partial charge in [0.15, 0.2) is 0 Å². The number of urea groups is 1. The van der Waals surface area contributed by atoms with E-state index in [-0.39, 0.29) is 11.6 Å². The minimum absolute atomic E-state index is 0.0865. The fourth-order valence-electron chi connectivity index (χ4n) is 3.24. The van der Waals surface area contributed by atoms with Crippen molar-refractivity contribution >= 4 is 17.2 Å². The van der Waals surface area contributed by atoms with Gasteiger partial charge in [-0.3, -0.25) is 4.79 Å². The molecule has 3 N–H and O–H groups in total. The van der Waals surface area contributed by atoms with Crippen LogP contribution in [0.2, 0.25) is 0 Å². The highest BCUT2D eigenvalue weighted by molar-refractivity contribution is 5.94. The standard InChI is InChI=1S/C21H20N6O2/c1-13(2)27-18(28)9-8-16(24-27)19-17-12-15(23-21(22)29)10-11-26(17)25-20(19)14-6-4-3-5-7-14/h3-13H,1-2H3,(H3,22,23,29). The molecule has 0 spiro atoms. The monoisotopic (exact) mass is 388 g/mol. The smallest absolute Gasteiger partial charge is 0.316 e. The molecule has 4 rings (SSSR count). The third-order valence-electron chi connectivity index (χ3n) is 4.52. The summed E-state index contributed by atoms with van der Waals surface area (Å²) in [5.74, 6) is 0. The molecular weight excluding hydrogens is 368 g/mol. The number of nitrogens with one attached hydrogen (secondary N) is 1. The van der Waals surface area contributed by atoms with Crippen molar-refractivity contribution in [2.45, 2.75) is 19.9 Å². The Morgan fingerprint density at radius 1 is 1.07 bits per heavy atom. The number of pyridine rings is 1. The summed E-state index contributed by atoms with van der Waals surface area (Å²) in [6, 6.07) is 15.7. The summed E-state index contributed by atoms with van der Waals surface area (Å²) in [6.07, 6.45) is 1.75. The van der Waals surface area contributed by atoms with E-state index < -0.39 is 6.03 Å². The van der Waals surface area contributed by atoms with Crippen molar-refractivity contribution in [1.82, 2.24) is 19.4 Å². The third-order valence-corrected chi connectivity index (χ3v) is 4.52. The number of aromatic nitrogens is 4. The third kappa shape index (κ3) is 3.47. The second kappa shape index (κ2) is 7.23. The summed E-state index contributed by atoms with van der Waals surface area (Å²) in [6.45, 7) is 3.81. The molecule has 0 fully saturated rings. The Bertz CT molecular complexity index is 1260. The minimum Gasteiger partial charge on any atom is -0.351 e. The van der Waals surface area contributed by atoms with Crippen LogP contribution in [0.4, 0.5) is 10.5 Å². The number of benzene rings is 1. The van der Waals surface area contributed by atoms with Crippen LogP contribution in [-0.2, 0) is 0 Å². The lowest BCUT2D eigenvalue weighted by Gasteiger charge is -2.10. The molecule has 8 heteroatoms. The van der Waals surface area contributed by atoms with Gasteiger partial charge in [0.1, 0.15) is 5.69 Å². The van der Waals surface area contributed by atoms with Gasteiger partial charge in [0.2, 0.25) is 0 Å². The fraction of sp³-hybridized carbons (Fsp3) is 0.143. The van der Waals surface area contributed by atoms with Crippen LogP contribution < -0.4 is 16.6 Å². The van der Waals surface area contributed by atoms with Gasteiger partial charge in [-0.25, -0.2) is 14.0 Å². The van der Waals surface area contributed by atoms with Gasteiger partial charge < -0.3 is 11.1 Å². The lowest BCUT2D eigenvalue weighted by molar-refractivity contribution is 0.259. The fourth-order valence-corrected chi connectivity index (χ4v) is 3.24. The number of nitrogens with zero attached hydrogens (tertiary/aromatic N) is 4. The topological polar surface area (TPSA) is 107 Å². The second-order valence-electron chi connectivity index (χ2n) is 6.92. The first kappa shape index (κ1) is 18.4. The number of fused-ring (bicyclic) bond motifs is 1. The molecule has 0 aliphatic heterocycles. The van der Waals surface area contributed by atoms with Crippen LogP contribution >= 0.6 is 0 Å². The highest BCUT2D eigenvalue weighted by Crippen LogP contribution is 2.34. The number of hydrogen-bond acceptors (Lipinski definition) is 4. The predicted octanol–water partition coefficient (Wildman–Crippen LogP) is 3.30. The van der Waals surface area contributed by atoms with Gasteiger partial charge in [0.25, 0.3) is 5.56 Å². The van der Waals surface area contributed by atoms with Gasteiger partial charge in [-0.05, 0) is 32.0 Å². The largest absolute Gasteiger partial charge is 0.351 e. The van der Waals surface area contributed by atoms with E-state index >= 15 is 0 Å². The zero-order valence-electron chi connectivity index (χ0n) is 16.0. The molecule has 4 aromatic rings. The van der Waals surface area contributed by atoms with Crippen LogP contribution in [0.3, 0.4) is 0 Å². The number of rotatable bonds is 4. The van der Waals surface area contributed by atoms with Gasteiger partial charge in [0.05, 0.1) is 22.8 Å². The Kier molecular flexibility index (Phi) is 4.59. The van der Waals surface area contributed by atoms with E-state index in [1.807, 2.05) is 44.2 Å². The molecule has 2 amide bonds. The molecule has 0 aliphatic carbocycles.